The van der Waals surface area contributed by atoms with Crippen LogP contribution in [0, 0.1) is 0 Å². The number of hydrogen-bond acceptors (Lipinski definition) is 8. The van der Waals surface area contributed by atoms with Gasteiger partial charge in [-0.15, -0.1) is 0 Å². The van der Waals surface area contributed by atoms with E-state index in [4.69, 9.17) is 9.47 Å². The first-order valence-electron chi connectivity index (χ1n) is 14.6. The van der Waals surface area contributed by atoms with Gasteiger partial charge in [-0.25, -0.2) is 26.5 Å². The van der Waals surface area contributed by atoms with E-state index in [2.05, 4.69) is 0 Å². The lowest BCUT2D eigenvalue weighted by atomic mass is 9.74. The lowest BCUT2D eigenvalue weighted by molar-refractivity contribution is -0.123. The largest absolute Gasteiger partial charge is 0.497 e. The highest BCUT2D eigenvalue weighted by Gasteiger charge is 2.58. The van der Waals surface area contributed by atoms with Crippen LogP contribution in [0.4, 0.5) is 10.5 Å². The molecule has 1 heterocycles. The Balaban J connectivity index is 1.77. The summed E-state index contributed by atoms with van der Waals surface area (Å²) in [6.07, 6.45) is -1.74. The Bertz CT molecular complexity index is 1890. The highest BCUT2D eigenvalue weighted by atomic mass is 32.3. The minimum Gasteiger partial charge on any atom is -0.497 e. The molecule has 0 saturated heterocycles. The zero-order valence-electron chi connectivity index (χ0n) is 25.9. The maximum Gasteiger partial charge on any atom is 0.421 e. The van der Waals surface area contributed by atoms with Crippen molar-refractivity contribution in [2.75, 3.05) is 12.0 Å². The predicted octanol–water partition coefficient (Wildman–Crippen LogP) is 6.12. The summed E-state index contributed by atoms with van der Waals surface area (Å²) < 4.78 is 66.5. The van der Waals surface area contributed by atoms with E-state index in [0.717, 1.165) is 4.90 Å². The Morgan fingerprint density at radius 2 is 1.26 bits per heavy atom. The van der Waals surface area contributed by atoms with Gasteiger partial charge < -0.3 is 9.47 Å². The molecule has 0 spiro atoms. The van der Waals surface area contributed by atoms with Crippen LogP contribution in [0.3, 0.4) is 0 Å². The second-order valence-electron chi connectivity index (χ2n) is 12.1. The molecular weight excluding hydrogens is 627 g/mol. The van der Waals surface area contributed by atoms with Crippen molar-refractivity contribution in [1.82, 2.24) is 0 Å². The standard InChI is InChI=1S/C35H35NO8S2/c1-34(2,3)44-33(38)36-30-18-12-11-17-29(30)35(32(36)37,23-25-19-21-26(43-4)22-20-25)24-31(45(39,40)27-13-7-5-8-14-27)46(41,42)28-15-9-6-10-16-28/h5-22,31H,23-24H2,1-4H3/t35-/m1/s1. The number of ether oxygens (including phenoxy) is 2. The molecule has 0 fully saturated rings. The van der Waals surface area contributed by atoms with Crippen molar-refractivity contribution in [3.8, 4) is 5.75 Å². The average Bonchev–Trinajstić information content (AvgIpc) is 3.27. The number of hydrogen-bond donors (Lipinski definition) is 0. The van der Waals surface area contributed by atoms with Crippen LogP contribution in [0.15, 0.2) is 119 Å². The molecule has 11 heteroatoms. The molecule has 5 rings (SSSR count). The smallest absolute Gasteiger partial charge is 0.421 e. The van der Waals surface area contributed by atoms with Crippen molar-refractivity contribution in [1.29, 1.82) is 0 Å². The number of methoxy groups -OCH3 is 1. The van der Waals surface area contributed by atoms with Gasteiger partial charge in [-0.2, -0.15) is 0 Å². The number of para-hydroxylation sites is 1. The van der Waals surface area contributed by atoms with Crippen molar-refractivity contribution < 1.29 is 35.9 Å². The first-order chi connectivity index (χ1) is 21.7. The quantitative estimate of drug-likeness (QED) is 0.210. The molecule has 0 aliphatic carbocycles. The first kappa shape index (κ1) is 32.9. The van der Waals surface area contributed by atoms with Crippen LogP contribution in [0.1, 0.15) is 38.3 Å². The van der Waals surface area contributed by atoms with Gasteiger partial charge in [-0.05, 0) is 87.2 Å². The number of fused-ring (bicyclic) bond motifs is 1. The fraction of sp³-hybridized carbons (Fsp3) is 0.257. The second-order valence-corrected chi connectivity index (χ2v) is 16.7. The zero-order chi connectivity index (χ0) is 33.3. The second kappa shape index (κ2) is 12.4. The van der Waals surface area contributed by atoms with Gasteiger partial charge in [0.2, 0.25) is 5.91 Å². The Morgan fingerprint density at radius 1 is 0.761 bits per heavy atom. The Labute approximate surface area is 269 Å². The number of carbonyl (C=O) groups is 2. The molecule has 46 heavy (non-hydrogen) atoms. The van der Waals surface area contributed by atoms with Crippen molar-refractivity contribution in [3.05, 3.63) is 120 Å². The molecule has 1 aliphatic rings. The van der Waals surface area contributed by atoms with Gasteiger partial charge in [0, 0.05) is 0 Å². The highest BCUT2D eigenvalue weighted by molar-refractivity contribution is 8.09. The molecule has 1 aliphatic heterocycles. The molecule has 0 saturated carbocycles. The third kappa shape index (κ3) is 6.17. The summed E-state index contributed by atoms with van der Waals surface area (Å²) in [7, 11) is -7.73. The van der Waals surface area contributed by atoms with Gasteiger partial charge in [-0.1, -0.05) is 66.7 Å². The van der Waals surface area contributed by atoms with Crippen molar-refractivity contribution in [2.24, 2.45) is 0 Å². The Kier molecular flexibility index (Phi) is 8.85. The number of benzene rings is 4. The van der Waals surface area contributed by atoms with Gasteiger partial charge >= 0.3 is 6.09 Å². The van der Waals surface area contributed by atoms with Crippen LogP contribution < -0.4 is 9.64 Å². The van der Waals surface area contributed by atoms with Gasteiger partial charge in [0.05, 0.1) is 28.0 Å². The van der Waals surface area contributed by atoms with Crippen molar-refractivity contribution in [3.63, 3.8) is 0 Å². The first-order valence-corrected chi connectivity index (χ1v) is 17.7. The van der Waals surface area contributed by atoms with Crippen LogP contribution >= 0.6 is 0 Å². The third-order valence-corrected chi connectivity index (χ3v) is 13.0. The SMILES string of the molecule is COc1ccc(C[C@]2(CC(S(=O)(=O)c3ccccc3)S(=O)(=O)c3ccccc3)C(=O)N(C(=O)OC(C)(C)C)c3ccccc32)cc1. The molecule has 0 radical (unpaired) electrons. The van der Waals surface area contributed by atoms with E-state index in [0.29, 0.717) is 16.9 Å². The monoisotopic (exact) mass is 661 g/mol. The molecule has 9 nitrogen and oxygen atoms in total. The molecule has 0 N–H and O–H groups in total. The number of carbonyl (C=O) groups excluding carboxylic acids is 2. The molecule has 4 aromatic rings. The summed E-state index contributed by atoms with van der Waals surface area (Å²) in [5, 5.41) is 0. The molecule has 0 bridgehead atoms. The van der Waals surface area contributed by atoms with Crippen molar-refractivity contribution in [2.45, 2.75) is 59.0 Å². The number of amides is 2. The van der Waals surface area contributed by atoms with E-state index in [1.807, 2.05) is 0 Å². The molecule has 4 aromatic carbocycles. The predicted molar refractivity (Wildman–Crippen MR) is 174 cm³/mol. The summed E-state index contributed by atoms with van der Waals surface area (Å²) in [5.41, 5.74) is -1.65. The normalized spacial score (nSPS) is 16.7. The Morgan fingerprint density at radius 3 is 1.76 bits per heavy atom. The number of sulfone groups is 2. The number of rotatable bonds is 9. The lowest BCUT2D eigenvalue weighted by Crippen LogP contribution is -2.49. The molecular formula is C35H35NO8S2. The fourth-order valence-electron chi connectivity index (χ4n) is 5.73. The molecule has 1 atom stereocenters. The maximum atomic E-state index is 14.8. The van der Waals surface area contributed by atoms with Gasteiger partial charge in [0.25, 0.3) is 0 Å². The van der Waals surface area contributed by atoms with Crippen LogP contribution in [0.2, 0.25) is 0 Å². The zero-order valence-corrected chi connectivity index (χ0v) is 27.5. The summed E-state index contributed by atoms with van der Waals surface area (Å²) >= 11 is 0. The van der Waals surface area contributed by atoms with Crippen LogP contribution in [-0.4, -0.2) is 46.1 Å². The van der Waals surface area contributed by atoms with E-state index in [-0.39, 0.29) is 21.9 Å². The highest BCUT2D eigenvalue weighted by Crippen LogP contribution is 2.49. The Hall–Kier alpha value is -4.48. The van der Waals surface area contributed by atoms with E-state index >= 15 is 0 Å². The lowest BCUT2D eigenvalue weighted by Gasteiger charge is -2.33. The van der Waals surface area contributed by atoms with Crippen LogP contribution in [0.5, 0.6) is 5.75 Å². The minimum absolute atomic E-state index is 0.114. The van der Waals surface area contributed by atoms with Gasteiger partial charge in [0.1, 0.15) is 11.4 Å². The fourth-order valence-corrected chi connectivity index (χ4v) is 10.4. The van der Waals surface area contributed by atoms with Gasteiger partial charge in [0.15, 0.2) is 24.3 Å². The number of imide groups is 1. The van der Waals surface area contributed by atoms with E-state index < -0.39 is 53.7 Å². The number of anilines is 1. The van der Waals surface area contributed by atoms with E-state index in [1.165, 1.54) is 55.6 Å². The summed E-state index contributed by atoms with van der Waals surface area (Å²) in [6, 6.07) is 27.9. The molecule has 0 unspecified atom stereocenters. The molecule has 2 amide bonds. The molecule has 0 aromatic heterocycles. The third-order valence-electron chi connectivity index (χ3n) is 7.86. The average molecular weight is 662 g/mol. The van der Waals surface area contributed by atoms with Crippen LogP contribution in [-0.2, 0) is 41.0 Å². The van der Waals surface area contributed by atoms with E-state index in [1.54, 1.807) is 81.4 Å². The number of nitrogens with zero attached hydrogens (tertiary/aromatic N) is 1. The maximum absolute atomic E-state index is 14.8. The summed E-state index contributed by atoms with van der Waals surface area (Å²) in [5.74, 6) is -0.224. The summed E-state index contributed by atoms with van der Waals surface area (Å²) in [6.45, 7) is 4.99. The van der Waals surface area contributed by atoms with Crippen LogP contribution in [0.25, 0.3) is 0 Å². The molecule has 240 valence electrons. The van der Waals surface area contributed by atoms with E-state index in [9.17, 15) is 26.4 Å². The van der Waals surface area contributed by atoms with Crippen molar-refractivity contribution >= 4 is 37.4 Å². The van der Waals surface area contributed by atoms with Gasteiger partial charge in [-0.3, -0.25) is 4.79 Å². The summed E-state index contributed by atoms with van der Waals surface area (Å²) in [4.78, 5) is 28.9. The minimum atomic E-state index is -4.62. The topological polar surface area (TPSA) is 124 Å².